The monoisotopic (exact) mass is 302 g/mol. The maximum atomic E-state index is 11.2. The molecule has 114 valence electrons. The van der Waals surface area contributed by atoms with Crippen molar-refractivity contribution in [2.75, 3.05) is 11.9 Å². The van der Waals surface area contributed by atoms with Crippen LogP contribution < -0.4 is 5.32 Å². The van der Waals surface area contributed by atoms with Crippen LogP contribution in [-0.2, 0) is 4.74 Å². The van der Waals surface area contributed by atoms with Gasteiger partial charge in [0.1, 0.15) is 11.7 Å². The lowest BCUT2D eigenvalue weighted by Gasteiger charge is -2.28. The lowest BCUT2D eigenvalue weighted by Crippen LogP contribution is -2.34. The number of nitriles is 1. The second-order valence-corrected chi connectivity index (χ2v) is 5.15. The minimum Gasteiger partial charge on any atom is -0.460 e. The average Bonchev–Trinajstić information content (AvgIpc) is 2.98. The summed E-state index contributed by atoms with van der Waals surface area (Å²) in [7, 11) is 0. The van der Waals surface area contributed by atoms with E-state index in [9.17, 15) is 10.1 Å². The first-order chi connectivity index (χ1) is 10.7. The van der Waals surface area contributed by atoms with Gasteiger partial charge < -0.3 is 14.5 Å². The molecule has 1 aliphatic heterocycles. The third-order valence-electron chi connectivity index (χ3n) is 3.69. The van der Waals surface area contributed by atoms with Gasteiger partial charge >= 0.3 is 5.69 Å². The van der Waals surface area contributed by atoms with E-state index in [-0.39, 0.29) is 17.8 Å². The predicted octanol–water partition coefficient (Wildman–Crippen LogP) is 2.61. The minimum atomic E-state index is -0.487. The molecule has 1 aliphatic rings. The summed E-state index contributed by atoms with van der Waals surface area (Å²) < 4.78 is 10.9. The fraction of sp³-hybridized carbons (Fsp3) is 0.429. The SMILES string of the molecule is N#CC[C@@H]1CC[C@H](Nc2c([N+](=O)[O-])cnc3ccoc23)CO1. The number of hydrogen-bond donors (Lipinski definition) is 1. The van der Waals surface area contributed by atoms with Crippen molar-refractivity contribution in [3.63, 3.8) is 0 Å². The Hall–Kier alpha value is -2.66. The van der Waals surface area contributed by atoms with Gasteiger partial charge in [-0.2, -0.15) is 5.26 Å². The van der Waals surface area contributed by atoms with E-state index in [1.807, 2.05) is 0 Å². The number of nitrogens with one attached hydrogen (secondary N) is 1. The van der Waals surface area contributed by atoms with Crippen LogP contribution in [0.3, 0.4) is 0 Å². The molecule has 0 bridgehead atoms. The van der Waals surface area contributed by atoms with Crippen molar-refractivity contribution < 1.29 is 14.1 Å². The van der Waals surface area contributed by atoms with Crippen molar-refractivity contribution >= 4 is 22.5 Å². The molecule has 3 rings (SSSR count). The average molecular weight is 302 g/mol. The summed E-state index contributed by atoms with van der Waals surface area (Å²) in [5.41, 5.74) is 1.13. The molecule has 2 atom stereocenters. The van der Waals surface area contributed by atoms with Gasteiger partial charge in [0, 0.05) is 12.1 Å². The largest absolute Gasteiger partial charge is 0.460 e. The Morgan fingerprint density at radius 3 is 3.09 bits per heavy atom. The van der Waals surface area contributed by atoms with E-state index in [0.717, 1.165) is 12.8 Å². The molecule has 1 saturated heterocycles. The molecule has 0 aliphatic carbocycles. The highest BCUT2D eigenvalue weighted by Gasteiger charge is 2.26. The molecule has 2 aromatic heterocycles. The van der Waals surface area contributed by atoms with Crippen molar-refractivity contribution in [3.05, 3.63) is 28.6 Å². The smallest absolute Gasteiger partial charge is 0.314 e. The number of anilines is 1. The van der Waals surface area contributed by atoms with Crippen molar-refractivity contribution in [2.45, 2.75) is 31.4 Å². The molecule has 2 aromatic rings. The Kier molecular flexibility index (Phi) is 3.89. The van der Waals surface area contributed by atoms with Crippen LogP contribution in [0, 0.1) is 21.4 Å². The normalized spacial score (nSPS) is 21.4. The number of rotatable bonds is 4. The lowest BCUT2D eigenvalue weighted by molar-refractivity contribution is -0.384. The number of hydrogen-bond acceptors (Lipinski definition) is 7. The van der Waals surface area contributed by atoms with Crippen LogP contribution in [0.1, 0.15) is 19.3 Å². The van der Waals surface area contributed by atoms with Crippen LogP contribution in [0.2, 0.25) is 0 Å². The van der Waals surface area contributed by atoms with E-state index in [1.54, 1.807) is 6.07 Å². The summed E-state index contributed by atoms with van der Waals surface area (Å²) >= 11 is 0. The van der Waals surface area contributed by atoms with Crippen molar-refractivity contribution in [1.82, 2.24) is 4.98 Å². The lowest BCUT2D eigenvalue weighted by atomic mass is 10.0. The molecule has 8 heteroatoms. The predicted molar refractivity (Wildman–Crippen MR) is 77.3 cm³/mol. The number of ether oxygens (including phenoxy) is 1. The van der Waals surface area contributed by atoms with Crippen molar-refractivity contribution in [3.8, 4) is 6.07 Å². The molecule has 22 heavy (non-hydrogen) atoms. The molecule has 0 amide bonds. The fourth-order valence-electron chi connectivity index (χ4n) is 2.57. The summed E-state index contributed by atoms with van der Waals surface area (Å²) in [6, 6.07) is 3.68. The molecular weight excluding hydrogens is 288 g/mol. The molecule has 0 aromatic carbocycles. The van der Waals surface area contributed by atoms with Crippen LogP contribution in [0.15, 0.2) is 22.9 Å². The molecule has 0 radical (unpaired) electrons. The van der Waals surface area contributed by atoms with Gasteiger partial charge in [0.2, 0.25) is 0 Å². The number of pyridine rings is 1. The van der Waals surface area contributed by atoms with E-state index in [4.69, 9.17) is 14.4 Å². The van der Waals surface area contributed by atoms with Gasteiger partial charge in [0.05, 0.1) is 36.4 Å². The number of aromatic nitrogens is 1. The zero-order valence-electron chi connectivity index (χ0n) is 11.7. The highest BCUT2D eigenvalue weighted by molar-refractivity contribution is 5.91. The van der Waals surface area contributed by atoms with Crippen LogP contribution in [0.4, 0.5) is 11.4 Å². The third kappa shape index (κ3) is 2.71. The zero-order chi connectivity index (χ0) is 15.5. The summed E-state index contributed by atoms with van der Waals surface area (Å²) in [5, 5.41) is 23.0. The van der Waals surface area contributed by atoms with E-state index in [1.165, 1.54) is 12.5 Å². The summed E-state index contributed by atoms with van der Waals surface area (Å²) in [4.78, 5) is 14.7. The first kappa shape index (κ1) is 14.3. The Labute approximate surface area is 125 Å². The second kappa shape index (κ2) is 5.99. The van der Waals surface area contributed by atoms with E-state index in [2.05, 4.69) is 16.4 Å². The number of fused-ring (bicyclic) bond motifs is 1. The zero-order valence-corrected chi connectivity index (χ0v) is 11.7. The van der Waals surface area contributed by atoms with Gasteiger partial charge in [0.25, 0.3) is 0 Å². The van der Waals surface area contributed by atoms with Gasteiger partial charge in [-0.1, -0.05) is 0 Å². The quantitative estimate of drug-likeness (QED) is 0.681. The second-order valence-electron chi connectivity index (χ2n) is 5.15. The van der Waals surface area contributed by atoms with Gasteiger partial charge in [-0.25, -0.2) is 4.98 Å². The summed E-state index contributed by atoms with van der Waals surface area (Å²) in [6.07, 6.45) is 4.50. The Morgan fingerprint density at radius 2 is 2.41 bits per heavy atom. The highest BCUT2D eigenvalue weighted by Crippen LogP contribution is 2.33. The Morgan fingerprint density at radius 1 is 1.55 bits per heavy atom. The standard InChI is InChI=1S/C14H14N4O4/c15-5-3-10-2-1-9(8-22-10)17-13-12(18(19)20)7-16-11-4-6-21-14(11)13/h4,6-7,9-10H,1-3,8H2,(H,16,17)/t9-,10-/m0/s1. The van der Waals surface area contributed by atoms with Crippen molar-refractivity contribution in [1.29, 1.82) is 5.26 Å². The molecule has 0 saturated carbocycles. The molecule has 3 heterocycles. The molecule has 8 nitrogen and oxygen atoms in total. The van der Waals surface area contributed by atoms with E-state index in [0.29, 0.717) is 29.8 Å². The first-order valence-corrected chi connectivity index (χ1v) is 6.94. The molecular formula is C14H14N4O4. The van der Waals surface area contributed by atoms with Gasteiger partial charge in [-0.05, 0) is 12.8 Å². The fourth-order valence-corrected chi connectivity index (χ4v) is 2.57. The minimum absolute atomic E-state index is 0.0564. The number of nitro groups is 1. The maximum Gasteiger partial charge on any atom is 0.314 e. The maximum absolute atomic E-state index is 11.2. The van der Waals surface area contributed by atoms with Crippen LogP contribution >= 0.6 is 0 Å². The Bertz CT molecular complexity index is 728. The topological polar surface area (TPSA) is 114 Å². The molecule has 1 fully saturated rings. The molecule has 0 spiro atoms. The van der Waals surface area contributed by atoms with Crippen LogP contribution in [0.25, 0.3) is 11.1 Å². The Balaban J connectivity index is 1.82. The third-order valence-corrected chi connectivity index (χ3v) is 3.69. The summed E-state index contributed by atoms with van der Waals surface area (Å²) in [6.45, 7) is 0.397. The van der Waals surface area contributed by atoms with E-state index < -0.39 is 4.92 Å². The highest BCUT2D eigenvalue weighted by atomic mass is 16.6. The number of nitrogens with zero attached hydrogens (tertiary/aromatic N) is 3. The van der Waals surface area contributed by atoms with Crippen LogP contribution in [-0.4, -0.2) is 28.7 Å². The summed E-state index contributed by atoms with van der Waals surface area (Å²) in [5.74, 6) is 0. The van der Waals surface area contributed by atoms with Crippen molar-refractivity contribution in [2.24, 2.45) is 0 Å². The van der Waals surface area contributed by atoms with Gasteiger partial charge in [-0.15, -0.1) is 0 Å². The van der Waals surface area contributed by atoms with Crippen LogP contribution in [0.5, 0.6) is 0 Å². The van der Waals surface area contributed by atoms with Gasteiger partial charge in [-0.3, -0.25) is 10.1 Å². The number of furan rings is 1. The van der Waals surface area contributed by atoms with Gasteiger partial charge in [0.15, 0.2) is 11.3 Å². The molecule has 0 unspecified atom stereocenters. The first-order valence-electron chi connectivity index (χ1n) is 6.94. The van der Waals surface area contributed by atoms with E-state index >= 15 is 0 Å². The molecule has 1 N–H and O–H groups in total.